The quantitative estimate of drug-likeness (QED) is 0.469. The molecule has 35 heavy (non-hydrogen) atoms. The predicted octanol–water partition coefficient (Wildman–Crippen LogP) is 5.03. The minimum atomic E-state index is -0.505. The van der Waals surface area contributed by atoms with Crippen LogP contribution in [0.5, 0.6) is 0 Å². The van der Waals surface area contributed by atoms with E-state index < -0.39 is 5.60 Å². The van der Waals surface area contributed by atoms with Crippen LogP contribution in [0.15, 0.2) is 34.7 Å². The Balaban J connectivity index is 2.37. The van der Waals surface area contributed by atoms with Crippen molar-refractivity contribution >= 4 is 17.9 Å². The van der Waals surface area contributed by atoms with Crippen molar-refractivity contribution in [3.63, 3.8) is 0 Å². The maximum absolute atomic E-state index is 12.8. The average Bonchev–Trinajstić information content (AvgIpc) is 2.80. The fourth-order valence-electron chi connectivity index (χ4n) is 4.57. The summed E-state index contributed by atoms with van der Waals surface area (Å²) in [4.78, 5) is 20.6. The fourth-order valence-corrected chi connectivity index (χ4v) is 5.99. The van der Waals surface area contributed by atoms with Crippen molar-refractivity contribution in [2.45, 2.75) is 78.2 Å². The van der Waals surface area contributed by atoms with Crippen molar-refractivity contribution in [1.82, 2.24) is 20.0 Å². The van der Waals surface area contributed by atoms with Crippen LogP contribution in [0, 0.1) is 0 Å². The first-order valence-electron chi connectivity index (χ1n) is 12.8. The van der Waals surface area contributed by atoms with E-state index in [1.54, 1.807) is 0 Å². The third-order valence-electron chi connectivity index (χ3n) is 6.78. The van der Waals surface area contributed by atoms with Crippen molar-refractivity contribution in [2.75, 3.05) is 53.0 Å². The standard InChI is InChI=1S/C27H48N4O3S/c1-11-29(12-2)24(21(4)30-15-17-33-18-16-30)20(3)27(8,9)35-23-19-31(14-13-22(23)28-10)25(32)34-26(5,6)7/h11,21,28H,1,12-19H2,2-10H3/b24-20-. The molecule has 0 aliphatic carbocycles. The van der Waals surface area contributed by atoms with Crippen molar-refractivity contribution < 1.29 is 14.3 Å². The lowest BCUT2D eigenvalue weighted by molar-refractivity contribution is 0.0228. The van der Waals surface area contributed by atoms with Gasteiger partial charge in [-0.3, -0.25) is 4.90 Å². The molecule has 0 saturated carbocycles. The zero-order chi connectivity index (χ0) is 26.4. The van der Waals surface area contributed by atoms with Gasteiger partial charge in [-0.25, -0.2) is 4.79 Å². The summed E-state index contributed by atoms with van der Waals surface area (Å²) < 4.78 is 11.1. The highest BCUT2D eigenvalue weighted by Crippen LogP contribution is 2.43. The molecule has 1 unspecified atom stereocenters. The molecule has 0 aromatic rings. The van der Waals surface area contributed by atoms with E-state index in [0.717, 1.165) is 39.3 Å². The number of nitrogens with zero attached hydrogens (tertiary/aromatic N) is 3. The molecular formula is C27H48N4O3S. The molecule has 0 aromatic carbocycles. The molecule has 1 atom stereocenters. The molecule has 200 valence electrons. The third-order valence-corrected chi connectivity index (χ3v) is 8.22. The Morgan fingerprint density at radius 3 is 2.40 bits per heavy atom. The van der Waals surface area contributed by atoms with Gasteiger partial charge in [0.25, 0.3) is 0 Å². The summed E-state index contributed by atoms with van der Waals surface area (Å²) in [6.07, 6.45) is 2.49. The number of morpholine rings is 1. The Bertz CT molecular complexity index is 810. The molecular weight excluding hydrogens is 460 g/mol. The van der Waals surface area contributed by atoms with Crippen LogP contribution in [0.1, 0.15) is 61.8 Å². The molecule has 8 heteroatoms. The first kappa shape index (κ1) is 29.6. The van der Waals surface area contributed by atoms with E-state index >= 15 is 0 Å². The lowest BCUT2D eigenvalue weighted by Crippen LogP contribution is -2.46. The summed E-state index contributed by atoms with van der Waals surface area (Å²) >= 11 is 1.84. The number of ether oxygens (including phenoxy) is 2. The zero-order valence-corrected chi connectivity index (χ0v) is 24.3. The first-order chi connectivity index (χ1) is 16.3. The number of hydrogen-bond donors (Lipinski definition) is 1. The second-order valence-corrected chi connectivity index (χ2v) is 12.4. The van der Waals surface area contributed by atoms with Gasteiger partial charge in [-0.2, -0.15) is 0 Å². The lowest BCUT2D eigenvalue weighted by atomic mass is 9.96. The second kappa shape index (κ2) is 12.5. The van der Waals surface area contributed by atoms with Crippen LogP contribution in [0.4, 0.5) is 4.79 Å². The molecule has 2 aliphatic rings. The van der Waals surface area contributed by atoms with Crippen LogP contribution in [-0.2, 0) is 9.47 Å². The van der Waals surface area contributed by atoms with Gasteiger partial charge in [-0.1, -0.05) is 6.58 Å². The van der Waals surface area contributed by atoms with E-state index in [9.17, 15) is 4.79 Å². The van der Waals surface area contributed by atoms with Crippen LogP contribution in [0.3, 0.4) is 0 Å². The summed E-state index contributed by atoms with van der Waals surface area (Å²) in [5, 5.41) is 3.39. The van der Waals surface area contributed by atoms with Gasteiger partial charge in [0.1, 0.15) is 5.60 Å². The van der Waals surface area contributed by atoms with E-state index in [1.807, 2.05) is 50.7 Å². The largest absolute Gasteiger partial charge is 0.444 e. The Hall–Kier alpha value is -1.64. The molecule has 1 amide bonds. The van der Waals surface area contributed by atoms with E-state index in [0.29, 0.717) is 13.1 Å². The predicted molar refractivity (Wildman–Crippen MR) is 147 cm³/mol. The maximum atomic E-state index is 12.8. The van der Waals surface area contributed by atoms with Gasteiger partial charge in [0, 0.05) is 66.7 Å². The molecule has 0 radical (unpaired) electrons. The van der Waals surface area contributed by atoms with Gasteiger partial charge < -0.3 is 24.6 Å². The van der Waals surface area contributed by atoms with Crippen LogP contribution in [-0.4, -0.2) is 90.2 Å². The summed E-state index contributed by atoms with van der Waals surface area (Å²) in [6.45, 7) is 26.6. The first-order valence-corrected chi connectivity index (χ1v) is 13.6. The highest BCUT2D eigenvalue weighted by Gasteiger charge is 2.34. The van der Waals surface area contributed by atoms with Crippen molar-refractivity contribution in [1.29, 1.82) is 0 Å². The average molecular weight is 509 g/mol. The fraction of sp³-hybridized carbons (Fsp3) is 0.741. The number of thioether (sulfide) groups is 1. The molecule has 7 nitrogen and oxygen atoms in total. The summed E-state index contributed by atoms with van der Waals surface area (Å²) in [6, 6.07) is 0.249. The Morgan fingerprint density at radius 1 is 1.26 bits per heavy atom. The topological polar surface area (TPSA) is 57.3 Å². The van der Waals surface area contributed by atoms with E-state index in [2.05, 4.69) is 56.3 Å². The summed E-state index contributed by atoms with van der Waals surface area (Å²) in [5.41, 5.74) is 3.32. The van der Waals surface area contributed by atoms with Gasteiger partial charge in [-0.15, -0.1) is 11.8 Å². The Morgan fingerprint density at radius 2 is 1.89 bits per heavy atom. The molecule has 2 rings (SSSR count). The molecule has 0 spiro atoms. The van der Waals surface area contributed by atoms with Crippen LogP contribution < -0.4 is 5.32 Å². The van der Waals surface area contributed by atoms with Gasteiger partial charge in [0.05, 0.1) is 19.8 Å². The van der Waals surface area contributed by atoms with Crippen molar-refractivity contribution in [2.24, 2.45) is 0 Å². The normalized spacial score (nSPS) is 19.7. The Labute approximate surface area is 217 Å². The smallest absolute Gasteiger partial charge is 0.410 e. The van der Waals surface area contributed by atoms with Crippen molar-refractivity contribution in [3.05, 3.63) is 34.7 Å². The molecule has 0 aromatic heterocycles. The monoisotopic (exact) mass is 508 g/mol. The van der Waals surface area contributed by atoms with Gasteiger partial charge >= 0.3 is 6.09 Å². The van der Waals surface area contributed by atoms with Crippen LogP contribution in [0.2, 0.25) is 0 Å². The van der Waals surface area contributed by atoms with Crippen LogP contribution >= 0.6 is 11.8 Å². The number of rotatable bonds is 9. The van der Waals surface area contributed by atoms with Crippen LogP contribution in [0.25, 0.3) is 0 Å². The second-order valence-electron chi connectivity index (χ2n) is 10.7. The van der Waals surface area contributed by atoms with E-state index in [4.69, 9.17) is 9.47 Å². The molecule has 1 saturated heterocycles. The zero-order valence-electron chi connectivity index (χ0n) is 23.5. The lowest BCUT2D eigenvalue weighted by Gasteiger charge is -2.41. The Kier molecular flexibility index (Phi) is 10.6. The maximum Gasteiger partial charge on any atom is 0.410 e. The summed E-state index contributed by atoms with van der Waals surface area (Å²) in [7, 11) is 1.97. The van der Waals surface area contributed by atoms with E-state index in [-0.39, 0.29) is 16.9 Å². The molecule has 2 heterocycles. The molecule has 1 fully saturated rings. The van der Waals surface area contributed by atoms with Crippen molar-refractivity contribution in [3.8, 4) is 0 Å². The molecule has 1 N–H and O–H groups in total. The van der Waals surface area contributed by atoms with Gasteiger partial charge in [0.2, 0.25) is 0 Å². The van der Waals surface area contributed by atoms with E-state index in [1.165, 1.54) is 21.9 Å². The number of likely N-dealkylation sites (N-methyl/N-ethyl adjacent to an activating group) is 1. The number of carbonyl (C=O) groups is 1. The SMILES string of the molecule is C=CN(CC)/C(=C(/C)C(C)(C)SC1=C(NC)CCN(C(=O)OC(C)(C)C)C1)C(C)N1CCOCC1. The van der Waals surface area contributed by atoms with Gasteiger partial charge in [0.15, 0.2) is 0 Å². The van der Waals surface area contributed by atoms with Gasteiger partial charge in [-0.05, 0) is 67.2 Å². The molecule has 2 aliphatic heterocycles. The summed E-state index contributed by atoms with van der Waals surface area (Å²) in [5.74, 6) is 0. The highest BCUT2D eigenvalue weighted by molar-refractivity contribution is 8.04. The number of carbonyl (C=O) groups excluding carboxylic acids is 1. The highest BCUT2D eigenvalue weighted by atomic mass is 32.2. The number of amides is 1. The molecule has 0 bridgehead atoms. The third kappa shape index (κ3) is 7.92. The number of hydrogen-bond acceptors (Lipinski definition) is 7. The minimum Gasteiger partial charge on any atom is -0.444 e. The minimum absolute atomic E-state index is 0.194. The number of nitrogens with one attached hydrogen (secondary N) is 1.